The quantitative estimate of drug-likeness (QED) is 0.884. The summed E-state index contributed by atoms with van der Waals surface area (Å²) in [5.74, 6) is -1.40. The number of carbonyl (C=O) groups excluding carboxylic acids is 1. The number of likely N-dealkylation sites (tertiary alicyclic amines) is 1. The van der Waals surface area contributed by atoms with E-state index in [1.165, 1.54) is 0 Å². The molecule has 1 aliphatic rings. The first-order valence-corrected chi connectivity index (χ1v) is 7.15. The van der Waals surface area contributed by atoms with Crippen LogP contribution in [0.25, 0.3) is 10.9 Å². The molecule has 0 bridgehead atoms. The molecule has 20 heavy (non-hydrogen) atoms. The van der Waals surface area contributed by atoms with Crippen LogP contribution in [0.1, 0.15) is 16.8 Å². The van der Waals surface area contributed by atoms with Gasteiger partial charge in [0.15, 0.2) is 0 Å². The van der Waals surface area contributed by atoms with Crippen molar-refractivity contribution in [3.8, 4) is 0 Å². The number of H-pyrrole nitrogens is 1. The Morgan fingerprint density at radius 2 is 2.20 bits per heavy atom. The number of halogens is 1. The van der Waals surface area contributed by atoms with Crippen molar-refractivity contribution < 1.29 is 14.7 Å². The third-order valence-electron chi connectivity index (χ3n) is 3.71. The molecule has 1 saturated heterocycles. The van der Waals surface area contributed by atoms with Gasteiger partial charge in [0.1, 0.15) is 0 Å². The molecule has 1 amide bonds. The fourth-order valence-electron chi connectivity index (χ4n) is 2.63. The van der Waals surface area contributed by atoms with Gasteiger partial charge in [-0.2, -0.15) is 0 Å². The molecule has 6 heteroatoms. The van der Waals surface area contributed by atoms with Gasteiger partial charge in [0, 0.05) is 34.7 Å². The summed E-state index contributed by atoms with van der Waals surface area (Å²) in [5.41, 5.74) is 1.47. The first kappa shape index (κ1) is 13.2. The van der Waals surface area contributed by atoms with Crippen LogP contribution in [0.15, 0.2) is 28.9 Å². The highest BCUT2D eigenvalue weighted by Crippen LogP contribution is 2.29. The Hall–Kier alpha value is -1.82. The summed E-state index contributed by atoms with van der Waals surface area (Å²) in [6.07, 6.45) is 2.20. The summed E-state index contributed by atoms with van der Waals surface area (Å²) in [6, 6.07) is 5.69. The Morgan fingerprint density at radius 1 is 1.40 bits per heavy atom. The molecule has 0 radical (unpaired) electrons. The number of carbonyl (C=O) groups is 2. The maximum absolute atomic E-state index is 12.5. The lowest BCUT2D eigenvalue weighted by molar-refractivity contribution is -0.141. The van der Waals surface area contributed by atoms with E-state index >= 15 is 0 Å². The molecule has 2 heterocycles. The van der Waals surface area contributed by atoms with Crippen LogP contribution in [0.5, 0.6) is 0 Å². The van der Waals surface area contributed by atoms with Crippen LogP contribution < -0.4 is 0 Å². The SMILES string of the molecule is O=C(O)C1CCN(C(=O)c2c[nH]c3cccc(Br)c23)C1. The predicted molar refractivity (Wildman–Crippen MR) is 77.6 cm³/mol. The number of aromatic amines is 1. The minimum absolute atomic E-state index is 0.119. The molecule has 2 aromatic rings. The maximum Gasteiger partial charge on any atom is 0.308 e. The van der Waals surface area contributed by atoms with Gasteiger partial charge in [-0.05, 0) is 18.6 Å². The van der Waals surface area contributed by atoms with Gasteiger partial charge in [0.05, 0.1) is 11.5 Å². The zero-order valence-electron chi connectivity index (χ0n) is 10.6. The first-order valence-electron chi connectivity index (χ1n) is 6.35. The van der Waals surface area contributed by atoms with Gasteiger partial charge in [0.25, 0.3) is 5.91 Å². The minimum atomic E-state index is -0.833. The van der Waals surface area contributed by atoms with Gasteiger partial charge in [-0.15, -0.1) is 0 Å². The smallest absolute Gasteiger partial charge is 0.308 e. The van der Waals surface area contributed by atoms with E-state index in [4.69, 9.17) is 5.11 Å². The van der Waals surface area contributed by atoms with Crippen LogP contribution in [0.4, 0.5) is 0 Å². The van der Waals surface area contributed by atoms with Crippen LogP contribution in [-0.2, 0) is 4.79 Å². The van der Waals surface area contributed by atoms with E-state index < -0.39 is 11.9 Å². The Morgan fingerprint density at radius 3 is 2.90 bits per heavy atom. The second-order valence-electron chi connectivity index (χ2n) is 4.94. The van der Waals surface area contributed by atoms with Crippen LogP contribution in [0.3, 0.4) is 0 Å². The molecule has 0 saturated carbocycles. The number of amides is 1. The maximum atomic E-state index is 12.5. The minimum Gasteiger partial charge on any atom is -0.481 e. The molecular formula is C14H13BrN2O3. The van der Waals surface area contributed by atoms with E-state index in [0.29, 0.717) is 18.5 Å². The summed E-state index contributed by atoms with van der Waals surface area (Å²) < 4.78 is 0.855. The molecule has 1 aliphatic heterocycles. The largest absolute Gasteiger partial charge is 0.481 e. The Bertz CT molecular complexity index is 695. The molecular weight excluding hydrogens is 324 g/mol. The number of carboxylic acids is 1. The topological polar surface area (TPSA) is 73.4 Å². The highest BCUT2D eigenvalue weighted by Gasteiger charge is 2.32. The number of benzene rings is 1. The number of hydrogen-bond acceptors (Lipinski definition) is 2. The van der Waals surface area contributed by atoms with Crippen molar-refractivity contribution in [1.29, 1.82) is 0 Å². The molecule has 3 rings (SSSR count). The average Bonchev–Trinajstić information content (AvgIpc) is 3.05. The molecule has 1 fully saturated rings. The van der Waals surface area contributed by atoms with E-state index in [9.17, 15) is 9.59 Å². The standard InChI is InChI=1S/C14H13BrN2O3/c15-10-2-1-3-11-12(10)9(6-16-11)13(18)17-5-4-8(7-17)14(19)20/h1-3,6,8,16H,4-5,7H2,(H,19,20). The van der Waals surface area contributed by atoms with E-state index in [1.807, 2.05) is 18.2 Å². The third-order valence-corrected chi connectivity index (χ3v) is 4.37. The summed E-state index contributed by atoms with van der Waals surface area (Å²) in [6.45, 7) is 0.776. The zero-order chi connectivity index (χ0) is 14.3. The molecule has 1 aromatic heterocycles. The lowest BCUT2D eigenvalue weighted by Crippen LogP contribution is -2.29. The normalized spacial score (nSPS) is 18.6. The Kier molecular flexibility index (Phi) is 3.25. The summed E-state index contributed by atoms with van der Waals surface area (Å²) in [7, 11) is 0. The van der Waals surface area contributed by atoms with E-state index in [-0.39, 0.29) is 12.5 Å². The van der Waals surface area contributed by atoms with Crippen molar-refractivity contribution in [1.82, 2.24) is 9.88 Å². The van der Waals surface area contributed by atoms with Gasteiger partial charge < -0.3 is 15.0 Å². The molecule has 104 valence electrons. The van der Waals surface area contributed by atoms with Crippen molar-refractivity contribution in [2.24, 2.45) is 5.92 Å². The second-order valence-corrected chi connectivity index (χ2v) is 5.79. The Balaban J connectivity index is 1.92. The molecule has 1 unspecified atom stereocenters. The number of rotatable bonds is 2. The third kappa shape index (κ3) is 2.10. The summed E-state index contributed by atoms with van der Waals surface area (Å²) in [4.78, 5) is 28.2. The van der Waals surface area contributed by atoms with Crippen LogP contribution in [0.2, 0.25) is 0 Å². The van der Waals surface area contributed by atoms with Crippen LogP contribution in [0, 0.1) is 5.92 Å². The zero-order valence-corrected chi connectivity index (χ0v) is 12.2. The van der Waals surface area contributed by atoms with Crippen LogP contribution >= 0.6 is 15.9 Å². The number of aliphatic carboxylic acids is 1. The van der Waals surface area contributed by atoms with Gasteiger partial charge in [-0.3, -0.25) is 9.59 Å². The van der Waals surface area contributed by atoms with Gasteiger partial charge >= 0.3 is 5.97 Å². The number of aromatic nitrogens is 1. The van der Waals surface area contributed by atoms with Crippen molar-refractivity contribution in [3.63, 3.8) is 0 Å². The number of nitrogens with one attached hydrogen (secondary N) is 1. The van der Waals surface area contributed by atoms with Crippen molar-refractivity contribution in [3.05, 3.63) is 34.4 Å². The van der Waals surface area contributed by atoms with Gasteiger partial charge in [0.2, 0.25) is 0 Å². The lowest BCUT2D eigenvalue weighted by Gasteiger charge is -2.15. The van der Waals surface area contributed by atoms with Crippen molar-refractivity contribution in [2.75, 3.05) is 13.1 Å². The van der Waals surface area contributed by atoms with Gasteiger partial charge in [-0.25, -0.2) is 0 Å². The van der Waals surface area contributed by atoms with E-state index in [0.717, 1.165) is 15.4 Å². The summed E-state index contributed by atoms with van der Waals surface area (Å²) >= 11 is 3.45. The summed E-state index contributed by atoms with van der Waals surface area (Å²) in [5, 5.41) is 9.85. The van der Waals surface area contributed by atoms with Crippen LogP contribution in [-0.4, -0.2) is 40.0 Å². The number of fused-ring (bicyclic) bond motifs is 1. The van der Waals surface area contributed by atoms with Crippen molar-refractivity contribution in [2.45, 2.75) is 6.42 Å². The highest BCUT2D eigenvalue weighted by molar-refractivity contribution is 9.10. The molecule has 2 N–H and O–H groups in total. The number of hydrogen-bond donors (Lipinski definition) is 2. The number of carboxylic acid groups (broad SMARTS) is 1. The number of nitrogens with zero attached hydrogens (tertiary/aromatic N) is 1. The average molecular weight is 337 g/mol. The fourth-order valence-corrected chi connectivity index (χ4v) is 3.21. The molecule has 1 aromatic carbocycles. The van der Waals surface area contributed by atoms with Crippen molar-refractivity contribution >= 4 is 38.7 Å². The highest BCUT2D eigenvalue weighted by atomic mass is 79.9. The predicted octanol–water partition coefficient (Wildman–Crippen LogP) is 2.48. The molecule has 5 nitrogen and oxygen atoms in total. The van der Waals surface area contributed by atoms with E-state index in [1.54, 1.807) is 11.1 Å². The molecule has 0 aliphatic carbocycles. The monoisotopic (exact) mass is 336 g/mol. The molecule has 0 spiro atoms. The molecule has 1 atom stereocenters. The van der Waals surface area contributed by atoms with E-state index in [2.05, 4.69) is 20.9 Å². The van der Waals surface area contributed by atoms with Gasteiger partial charge in [-0.1, -0.05) is 22.0 Å². The lowest BCUT2D eigenvalue weighted by atomic mass is 10.1. The Labute approximate surface area is 123 Å². The first-order chi connectivity index (χ1) is 9.58. The fraction of sp³-hybridized carbons (Fsp3) is 0.286. The second kappa shape index (κ2) is 4.94.